The van der Waals surface area contributed by atoms with E-state index in [1.807, 2.05) is 0 Å². The summed E-state index contributed by atoms with van der Waals surface area (Å²) >= 11 is 0. The second kappa shape index (κ2) is 6.39. The van der Waals surface area contributed by atoms with Crippen molar-refractivity contribution in [2.75, 3.05) is 20.8 Å². The molecule has 0 aliphatic carbocycles. The minimum atomic E-state index is 0.304. The average molecular weight is 187 g/mol. The van der Waals surface area contributed by atoms with Gasteiger partial charge >= 0.3 is 0 Å². The zero-order valence-electron chi connectivity index (χ0n) is 9.81. The lowest BCUT2D eigenvalue weighted by Crippen LogP contribution is -2.47. The second-order valence-electron chi connectivity index (χ2n) is 3.80. The highest BCUT2D eigenvalue weighted by Gasteiger charge is 2.30. The van der Waals surface area contributed by atoms with Crippen molar-refractivity contribution >= 4 is 0 Å². The molecule has 0 bridgehead atoms. The fourth-order valence-electron chi connectivity index (χ4n) is 2.12. The summed E-state index contributed by atoms with van der Waals surface area (Å²) in [5.41, 5.74) is 0.304. The van der Waals surface area contributed by atoms with Gasteiger partial charge in [0.25, 0.3) is 0 Å². The van der Waals surface area contributed by atoms with E-state index in [0.717, 1.165) is 13.0 Å². The van der Waals surface area contributed by atoms with Gasteiger partial charge in [-0.2, -0.15) is 0 Å². The van der Waals surface area contributed by atoms with Gasteiger partial charge in [-0.15, -0.1) is 0 Å². The summed E-state index contributed by atoms with van der Waals surface area (Å²) in [6.45, 7) is 7.68. The van der Waals surface area contributed by atoms with Gasteiger partial charge in [0.15, 0.2) is 0 Å². The first-order valence-corrected chi connectivity index (χ1v) is 5.34. The van der Waals surface area contributed by atoms with E-state index in [1.54, 1.807) is 7.11 Å². The van der Waals surface area contributed by atoms with Crippen LogP contribution >= 0.6 is 0 Å². The molecule has 0 heterocycles. The minimum absolute atomic E-state index is 0.304. The fraction of sp³-hybridized carbons (Fsp3) is 1.00. The maximum atomic E-state index is 5.11. The Bertz CT molecular complexity index is 113. The van der Waals surface area contributed by atoms with E-state index < -0.39 is 0 Å². The lowest BCUT2D eigenvalue weighted by molar-refractivity contribution is 0.137. The van der Waals surface area contributed by atoms with Crippen molar-refractivity contribution in [3.05, 3.63) is 0 Å². The Balaban J connectivity index is 4.17. The van der Waals surface area contributed by atoms with Crippen LogP contribution in [-0.4, -0.2) is 26.3 Å². The molecular formula is C11H25NO. The Labute approximate surface area is 83.1 Å². The van der Waals surface area contributed by atoms with Crippen molar-refractivity contribution in [2.45, 2.75) is 45.6 Å². The van der Waals surface area contributed by atoms with E-state index in [9.17, 15) is 0 Å². The number of hydrogen-bond acceptors (Lipinski definition) is 2. The number of methoxy groups -OCH3 is 1. The van der Waals surface area contributed by atoms with E-state index in [4.69, 9.17) is 4.74 Å². The minimum Gasteiger partial charge on any atom is -0.385 e. The van der Waals surface area contributed by atoms with Gasteiger partial charge in [0.2, 0.25) is 0 Å². The van der Waals surface area contributed by atoms with Crippen molar-refractivity contribution in [3.63, 3.8) is 0 Å². The predicted molar refractivity (Wildman–Crippen MR) is 58.0 cm³/mol. The Morgan fingerprint density at radius 2 is 1.85 bits per heavy atom. The molecule has 0 rings (SSSR count). The Morgan fingerprint density at radius 3 is 2.15 bits per heavy atom. The van der Waals surface area contributed by atoms with Gasteiger partial charge in [-0.3, -0.25) is 0 Å². The number of rotatable bonds is 7. The molecule has 0 aliphatic heterocycles. The SMILES string of the molecule is CCC(CC)(NC)C(C)CCOC. The maximum absolute atomic E-state index is 5.11. The highest BCUT2D eigenvalue weighted by Crippen LogP contribution is 2.27. The summed E-state index contributed by atoms with van der Waals surface area (Å²) in [7, 11) is 3.84. The number of nitrogens with one attached hydrogen (secondary N) is 1. The van der Waals surface area contributed by atoms with Gasteiger partial charge in [-0.05, 0) is 32.2 Å². The van der Waals surface area contributed by atoms with E-state index in [1.165, 1.54) is 12.8 Å². The molecule has 0 saturated heterocycles. The molecule has 0 aromatic heterocycles. The van der Waals surface area contributed by atoms with E-state index >= 15 is 0 Å². The molecule has 80 valence electrons. The quantitative estimate of drug-likeness (QED) is 0.661. The van der Waals surface area contributed by atoms with Crippen LogP contribution in [0, 0.1) is 5.92 Å². The third-order valence-electron chi connectivity index (χ3n) is 3.46. The van der Waals surface area contributed by atoms with Gasteiger partial charge in [0.1, 0.15) is 0 Å². The summed E-state index contributed by atoms with van der Waals surface area (Å²) < 4.78 is 5.11. The number of hydrogen-bond donors (Lipinski definition) is 1. The predicted octanol–water partition coefficient (Wildman–Crippen LogP) is 2.44. The lowest BCUT2D eigenvalue weighted by Gasteiger charge is -2.37. The molecule has 0 radical (unpaired) electrons. The first-order chi connectivity index (χ1) is 6.16. The van der Waals surface area contributed by atoms with Gasteiger partial charge in [-0.25, -0.2) is 0 Å². The molecular weight excluding hydrogens is 162 g/mol. The van der Waals surface area contributed by atoms with Crippen LogP contribution in [-0.2, 0) is 4.74 Å². The molecule has 1 atom stereocenters. The molecule has 0 saturated carbocycles. The fourth-order valence-corrected chi connectivity index (χ4v) is 2.12. The summed E-state index contributed by atoms with van der Waals surface area (Å²) in [6, 6.07) is 0. The van der Waals surface area contributed by atoms with Crippen LogP contribution in [0.5, 0.6) is 0 Å². The molecule has 13 heavy (non-hydrogen) atoms. The Kier molecular flexibility index (Phi) is 6.35. The molecule has 0 aliphatic rings. The topological polar surface area (TPSA) is 21.3 Å². The molecule has 2 heteroatoms. The van der Waals surface area contributed by atoms with Crippen LogP contribution in [0.2, 0.25) is 0 Å². The smallest absolute Gasteiger partial charge is 0.0465 e. The first kappa shape index (κ1) is 12.9. The highest BCUT2D eigenvalue weighted by molar-refractivity contribution is 4.88. The van der Waals surface area contributed by atoms with Crippen molar-refractivity contribution in [2.24, 2.45) is 5.92 Å². The molecule has 1 unspecified atom stereocenters. The molecule has 1 N–H and O–H groups in total. The van der Waals surface area contributed by atoms with Gasteiger partial charge in [0.05, 0.1) is 0 Å². The van der Waals surface area contributed by atoms with Gasteiger partial charge in [-0.1, -0.05) is 20.8 Å². The maximum Gasteiger partial charge on any atom is 0.0465 e. The average Bonchev–Trinajstić information content (AvgIpc) is 2.18. The van der Waals surface area contributed by atoms with Crippen molar-refractivity contribution in [1.82, 2.24) is 5.32 Å². The zero-order chi connectivity index (χ0) is 10.3. The Hall–Kier alpha value is -0.0800. The van der Waals surface area contributed by atoms with Crippen LogP contribution in [0.3, 0.4) is 0 Å². The third-order valence-corrected chi connectivity index (χ3v) is 3.46. The van der Waals surface area contributed by atoms with Crippen molar-refractivity contribution in [3.8, 4) is 0 Å². The summed E-state index contributed by atoms with van der Waals surface area (Å²) in [5.74, 6) is 0.674. The van der Waals surface area contributed by atoms with Crippen molar-refractivity contribution in [1.29, 1.82) is 0 Å². The third kappa shape index (κ3) is 3.28. The molecule has 0 amide bonds. The normalized spacial score (nSPS) is 14.5. The standard InChI is InChI=1S/C11H25NO/c1-6-11(7-2,12-4)10(3)8-9-13-5/h10,12H,6-9H2,1-5H3. The van der Waals surface area contributed by atoms with E-state index in [0.29, 0.717) is 11.5 Å². The lowest BCUT2D eigenvalue weighted by atomic mass is 9.79. The van der Waals surface area contributed by atoms with Crippen LogP contribution in [0.15, 0.2) is 0 Å². The monoisotopic (exact) mass is 187 g/mol. The molecule has 2 nitrogen and oxygen atoms in total. The summed E-state index contributed by atoms with van der Waals surface area (Å²) in [4.78, 5) is 0. The number of ether oxygens (including phenoxy) is 1. The zero-order valence-corrected chi connectivity index (χ0v) is 9.81. The molecule has 0 spiro atoms. The van der Waals surface area contributed by atoms with Crippen LogP contribution in [0.1, 0.15) is 40.0 Å². The first-order valence-electron chi connectivity index (χ1n) is 5.34. The summed E-state index contributed by atoms with van der Waals surface area (Å²) in [5, 5.41) is 3.47. The molecule has 0 aromatic carbocycles. The molecule has 0 aromatic rings. The summed E-state index contributed by atoms with van der Waals surface area (Å²) in [6.07, 6.45) is 3.51. The van der Waals surface area contributed by atoms with Crippen LogP contribution in [0.4, 0.5) is 0 Å². The second-order valence-corrected chi connectivity index (χ2v) is 3.80. The van der Waals surface area contributed by atoms with E-state index in [-0.39, 0.29) is 0 Å². The van der Waals surface area contributed by atoms with Crippen LogP contribution < -0.4 is 5.32 Å². The van der Waals surface area contributed by atoms with Crippen molar-refractivity contribution < 1.29 is 4.74 Å². The highest BCUT2D eigenvalue weighted by atomic mass is 16.5. The largest absolute Gasteiger partial charge is 0.385 e. The van der Waals surface area contributed by atoms with Gasteiger partial charge < -0.3 is 10.1 Å². The molecule has 0 fully saturated rings. The van der Waals surface area contributed by atoms with Gasteiger partial charge in [0, 0.05) is 19.3 Å². The van der Waals surface area contributed by atoms with Crippen LogP contribution in [0.25, 0.3) is 0 Å². The Morgan fingerprint density at radius 1 is 1.31 bits per heavy atom. The van der Waals surface area contributed by atoms with E-state index in [2.05, 4.69) is 33.1 Å².